The van der Waals surface area contributed by atoms with Gasteiger partial charge in [-0.1, -0.05) is 17.7 Å². The van der Waals surface area contributed by atoms with E-state index in [4.69, 9.17) is 11.6 Å². The van der Waals surface area contributed by atoms with Crippen molar-refractivity contribution in [2.45, 2.75) is 13.1 Å². The summed E-state index contributed by atoms with van der Waals surface area (Å²) < 4.78 is 38.4. The number of pyridine rings is 1. The molecule has 0 unspecified atom stereocenters. The van der Waals surface area contributed by atoms with E-state index < -0.39 is 17.6 Å². The lowest BCUT2D eigenvalue weighted by Gasteiger charge is -2.14. The molecule has 2 aromatic rings. The average molecular weight is 315 g/mol. The van der Waals surface area contributed by atoms with Crippen molar-refractivity contribution in [3.63, 3.8) is 0 Å². The zero-order valence-electron chi connectivity index (χ0n) is 10.8. The number of carbonyl (C=O) groups is 1. The molecule has 0 saturated heterocycles. The number of nitrogens with one attached hydrogen (secondary N) is 1. The van der Waals surface area contributed by atoms with E-state index in [9.17, 15) is 18.0 Å². The number of hydrogen-bond acceptors (Lipinski definition) is 2. The lowest BCUT2D eigenvalue weighted by Crippen LogP contribution is -2.16. The third-order valence-electron chi connectivity index (χ3n) is 2.89. The number of aromatic nitrogens is 1. The minimum Gasteiger partial charge on any atom is -0.322 e. The van der Waals surface area contributed by atoms with Crippen LogP contribution in [0.2, 0.25) is 5.15 Å². The predicted octanol–water partition coefficient (Wildman–Crippen LogP) is 4.31. The number of halogens is 4. The van der Waals surface area contributed by atoms with Gasteiger partial charge in [0.15, 0.2) is 0 Å². The molecule has 3 nitrogen and oxygen atoms in total. The number of alkyl halides is 3. The number of amides is 1. The van der Waals surface area contributed by atoms with Gasteiger partial charge in [-0.05, 0) is 36.8 Å². The van der Waals surface area contributed by atoms with Gasteiger partial charge in [0.1, 0.15) is 5.15 Å². The summed E-state index contributed by atoms with van der Waals surface area (Å²) in [6.07, 6.45) is -3.06. The van der Waals surface area contributed by atoms with Crippen molar-refractivity contribution in [1.29, 1.82) is 0 Å². The summed E-state index contributed by atoms with van der Waals surface area (Å²) in [5.74, 6) is -0.615. The van der Waals surface area contributed by atoms with Crippen molar-refractivity contribution in [3.8, 4) is 0 Å². The van der Waals surface area contributed by atoms with Crippen molar-refractivity contribution in [1.82, 2.24) is 4.98 Å². The van der Waals surface area contributed by atoms with Crippen LogP contribution in [-0.2, 0) is 6.18 Å². The summed E-state index contributed by atoms with van der Waals surface area (Å²) in [4.78, 5) is 15.8. The van der Waals surface area contributed by atoms with Crippen LogP contribution in [0.3, 0.4) is 0 Å². The van der Waals surface area contributed by atoms with E-state index >= 15 is 0 Å². The zero-order valence-corrected chi connectivity index (χ0v) is 11.6. The van der Waals surface area contributed by atoms with Crippen molar-refractivity contribution >= 4 is 23.2 Å². The summed E-state index contributed by atoms with van der Waals surface area (Å²) in [7, 11) is 0. The first-order valence-electron chi connectivity index (χ1n) is 5.89. The Morgan fingerprint density at radius 1 is 1.24 bits per heavy atom. The van der Waals surface area contributed by atoms with Crippen molar-refractivity contribution in [2.24, 2.45) is 0 Å². The van der Waals surface area contributed by atoms with Crippen LogP contribution >= 0.6 is 11.6 Å². The molecule has 0 bridgehead atoms. The number of nitrogens with zero attached hydrogens (tertiary/aromatic N) is 1. The summed E-state index contributed by atoms with van der Waals surface area (Å²) >= 11 is 5.78. The van der Waals surface area contributed by atoms with Crippen LogP contribution in [0, 0.1) is 6.92 Å². The monoisotopic (exact) mass is 314 g/mol. The third kappa shape index (κ3) is 3.33. The molecule has 1 amide bonds. The van der Waals surface area contributed by atoms with E-state index in [-0.39, 0.29) is 22.0 Å². The van der Waals surface area contributed by atoms with Crippen molar-refractivity contribution in [3.05, 3.63) is 58.4 Å². The lowest BCUT2D eigenvalue weighted by atomic mass is 10.1. The number of hydrogen-bond donors (Lipinski definition) is 1. The molecule has 1 heterocycles. The van der Waals surface area contributed by atoms with Crippen LogP contribution < -0.4 is 5.32 Å². The topological polar surface area (TPSA) is 42.0 Å². The number of benzene rings is 1. The van der Waals surface area contributed by atoms with E-state index in [1.54, 1.807) is 0 Å². The van der Waals surface area contributed by atoms with Gasteiger partial charge in [0.05, 0.1) is 11.1 Å². The summed E-state index contributed by atoms with van der Waals surface area (Å²) in [6.45, 7) is 1.29. The summed E-state index contributed by atoms with van der Waals surface area (Å²) in [5.41, 5.74) is -0.679. The number of anilines is 1. The molecule has 0 saturated carbocycles. The normalized spacial score (nSPS) is 11.3. The molecule has 1 N–H and O–H groups in total. The average Bonchev–Trinajstić information content (AvgIpc) is 2.40. The van der Waals surface area contributed by atoms with Crippen LogP contribution in [0.1, 0.15) is 21.5 Å². The maximum Gasteiger partial charge on any atom is 0.416 e. The SMILES string of the molecule is Cc1c(NC(=O)c2cccnc2Cl)cccc1C(F)(F)F. The standard InChI is InChI=1S/C14H10ClF3N2O/c1-8-10(14(16,17)18)5-2-6-11(8)20-13(21)9-4-3-7-19-12(9)15/h2-7H,1H3,(H,20,21). The number of carbonyl (C=O) groups excluding carboxylic acids is 1. The highest BCUT2D eigenvalue weighted by Crippen LogP contribution is 2.34. The van der Waals surface area contributed by atoms with Gasteiger partial charge in [0, 0.05) is 11.9 Å². The Hall–Kier alpha value is -2.08. The molecule has 21 heavy (non-hydrogen) atoms. The van der Waals surface area contributed by atoms with E-state index in [1.165, 1.54) is 37.4 Å². The first-order chi connectivity index (χ1) is 9.80. The molecule has 0 aliphatic carbocycles. The lowest BCUT2D eigenvalue weighted by molar-refractivity contribution is -0.138. The second-order valence-corrected chi connectivity index (χ2v) is 4.63. The van der Waals surface area contributed by atoms with Crippen LogP contribution in [-0.4, -0.2) is 10.9 Å². The first-order valence-corrected chi connectivity index (χ1v) is 6.27. The Balaban J connectivity index is 2.33. The predicted molar refractivity (Wildman–Crippen MR) is 73.4 cm³/mol. The van der Waals surface area contributed by atoms with Gasteiger partial charge in [-0.2, -0.15) is 13.2 Å². The van der Waals surface area contributed by atoms with Crippen LogP contribution in [0.5, 0.6) is 0 Å². The van der Waals surface area contributed by atoms with Crippen LogP contribution in [0.15, 0.2) is 36.5 Å². The highest BCUT2D eigenvalue weighted by molar-refractivity contribution is 6.33. The quantitative estimate of drug-likeness (QED) is 0.839. The Kier molecular flexibility index (Phi) is 4.18. The maximum absolute atomic E-state index is 12.8. The maximum atomic E-state index is 12.8. The van der Waals surface area contributed by atoms with Crippen LogP contribution in [0.25, 0.3) is 0 Å². The molecule has 1 aromatic carbocycles. The second-order valence-electron chi connectivity index (χ2n) is 4.27. The van der Waals surface area contributed by atoms with E-state index in [2.05, 4.69) is 10.3 Å². The van der Waals surface area contributed by atoms with Gasteiger partial charge >= 0.3 is 6.18 Å². The minimum absolute atomic E-state index is 0.0142. The first kappa shape index (κ1) is 15.3. The molecular formula is C14H10ClF3N2O. The van der Waals surface area contributed by atoms with Gasteiger partial charge in [0.25, 0.3) is 5.91 Å². The van der Waals surface area contributed by atoms with Gasteiger partial charge < -0.3 is 5.32 Å². The zero-order chi connectivity index (χ0) is 15.6. The van der Waals surface area contributed by atoms with Gasteiger partial charge in [-0.25, -0.2) is 4.98 Å². The molecule has 110 valence electrons. The molecule has 7 heteroatoms. The van der Waals surface area contributed by atoms with Crippen molar-refractivity contribution in [2.75, 3.05) is 5.32 Å². The van der Waals surface area contributed by atoms with E-state index in [1.807, 2.05) is 0 Å². The van der Waals surface area contributed by atoms with Gasteiger partial charge in [-0.3, -0.25) is 4.79 Å². The summed E-state index contributed by atoms with van der Waals surface area (Å²) in [5, 5.41) is 2.40. The van der Waals surface area contributed by atoms with E-state index in [0.717, 1.165) is 6.07 Å². The van der Waals surface area contributed by atoms with Crippen LogP contribution in [0.4, 0.5) is 18.9 Å². The fourth-order valence-corrected chi connectivity index (χ4v) is 2.03. The van der Waals surface area contributed by atoms with Gasteiger partial charge in [-0.15, -0.1) is 0 Å². The minimum atomic E-state index is -4.48. The molecule has 0 fully saturated rings. The molecule has 0 aliphatic rings. The molecular weight excluding hydrogens is 305 g/mol. The Bertz CT molecular complexity index is 686. The molecule has 0 atom stereocenters. The van der Waals surface area contributed by atoms with E-state index in [0.29, 0.717) is 0 Å². The molecule has 2 rings (SSSR count). The highest BCUT2D eigenvalue weighted by atomic mass is 35.5. The van der Waals surface area contributed by atoms with Crippen molar-refractivity contribution < 1.29 is 18.0 Å². The fraction of sp³-hybridized carbons (Fsp3) is 0.143. The number of rotatable bonds is 2. The molecule has 1 aromatic heterocycles. The highest BCUT2D eigenvalue weighted by Gasteiger charge is 2.33. The van der Waals surface area contributed by atoms with Gasteiger partial charge in [0.2, 0.25) is 0 Å². The Morgan fingerprint density at radius 2 is 1.95 bits per heavy atom. The molecule has 0 spiro atoms. The fourth-order valence-electron chi connectivity index (χ4n) is 1.82. The molecule has 0 aliphatic heterocycles. The Labute approximate surface area is 123 Å². The smallest absolute Gasteiger partial charge is 0.322 e. The third-order valence-corrected chi connectivity index (χ3v) is 3.19. The summed E-state index contributed by atoms with van der Waals surface area (Å²) in [6, 6.07) is 6.54. The Morgan fingerprint density at radius 3 is 2.57 bits per heavy atom. The molecule has 0 radical (unpaired) electrons. The second kappa shape index (κ2) is 5.73. The largest absolute Gasteiger partial charge is 0.416 e.